The SMILES string of the molecule is N[C@@H](CCc1ccccc1)C(=O)Nc1ccc(Cl)cc1F. The fraction of sp³-hybridized carbons (Fsp3) is 0.188. The van der Waals surface area contributed by atoms with Crippen molar-refractivity contribution < 1.29 is 9.18 Å². The van der Waals surface area contributed by atoms with Crippen molar-refractivity contribution in [3.63, 3.8) is 0 Å². The van der Waals surface area contributed by atoms with E-state index in [1.165, 1.54) is 12.1 Å². The van der Waals surface area contributed by atoms with E-state index in [0.717, 1.165) is 11.6 Å². The van der Waals surface area contributed by atoms with Gasteiger partial charge in [-0.25, -0.2) is 4.39 Å². The van der Waals surface area contributed by atoms with Crippen molar-refractivity contribution in [1.82, 2.24) is 0 Å². The van der Waals surface area contributed by atoms with Crippen molar-refractivity contribution >= 4 is 23.2 Å². The zero-order valence-corrected chi connectivity index (χ0v) is 12.1. The quantitative estimate of drug-likeness (QED) is 0.890. The third-order valence-electron chi connectivity index (χ3n) is 3.11. The lowest BCUT2D eigenvalue weighted by Gasteiger charge is -2.13. The molecule has 0 unspecified atom stereocenters. The molecule has 0 saturated heterocycles. The molecule has 3 N–H and O–H groups in total. The predicted octanol–water partition coefficient (Wildman–Crippen LogP) is 3.38. The standard InChI is InChI=1S/C16H16ClFN2O/c17-12-7-9-15(13(18)10-12)20-16(21)14(19)8-6-11-4-2-1-3-5-11/h1-5,7,9-10,14H,6,8,19H2,(H,20,21)/t14-/m0/s1. The second kappa shape index (κ2) is 7.20. The topological polar surface area (TPSA) is 55.1 Å². The lowest BCUT2D eigenvalue weighted by atomic mass is 10.1. The number of halogens is 2. The first-order valence-corrected chi connectivity index (χ1v) is 6.99. The summed E-state index contributed by atoms with van der Waals surface area (Å²) in [5.74, 6) is -0.988. The molecule has 110 valence electrons. The summed E-state index contributed by atoms with van der Waals surface area (Å²) in [6.07, 6.45) is 1.18. The van der Waals surface area contributed by atoms with E-state index < -0.39 is 17.8 Å². The highest BCUT2D eigenvalue weighted by atomic mass is 35.5. The van der Waals surface area contributed by atoms with Gasteiger partial charge in [0, 0.05) is 5.02 Å². The molecule has 2 rings (SSSR count). The van der Waals surface area contributed by atoms with Crippen molar-refractivity contribution in [2.45, 2.75) is 18.9 Å². The minimum absolute atomic E-state index is 0.0829. The molecule has 5 heteroatoms. The molecule has 0 spiro atoms. The van der Waals surface area contributed by atoms with Crippen LogP contribution in [0.1, 0.15) is 12.0 Å². The van der Waals surface area contributed by atoms with Crippen LogP contribution < -0.4 is 11.1 Å². The Balaban J connectivity index is 1.90. The van der Waals surface area contributed by atoms with E-state index in [2.05, 4.69) is 5.32 Å². The number of nitrogens with one attached hydrogen (secondary N) is 1. The molecule has 0 radical (unpaired) electrons. The van der Waals surface area contributed by atoms with Crippen LogP contribution in [0.2, 0.25) is 5.02 Å². The van der Waals surface area contributed by atoms with Crippen LogP contribution >= 0.6 is 11.6 Å². The summed E-state index contributed by atoms with van der Waals surface area (Å²) in [6, 6.07) is 13.1. The number of benzene rings is 2. The minimum Gasteiger partial charge on any atom is -0.322 e. The lowest BCUT2D eigenvalue weighted by molar-refractivity contribution is -0.117. The molecule has 0 aliphatic carbocycles. The van der Waals surface area contributed by atoms with Crippen molar-refractivity contribution in [3.05, 3.63) is 64.9 Å². The summed E-state index contributed by atoms with van der Waals surface area (Å²) in [7, 11) is 0. The third-order valence-corrected chi connectivity index (χ3v) is 3.35. The first-order chi connectivity index (χ1) is 10.1. The summed E-state index contributed by atoms with van der Waals surface area (Å²) in [5.41, 5.74) is 7.02. The Labute approximate surface area is 127 Å². The Morgan fingerprint density at radius 3 is 2.62 bits per heavy atom. The number of aryl methyl sites for hydroxylation is 1. The fourth-order valence-corrected chi connectivity index (χ4v) is 2.07. The number of hydrogen-bond acceptors (Lipinski definition) is 2. The second-order valence-electron chi connectivity index (χ2n) is 4.74. The highest BCUT2D eigenvalue weighted by molar-refractivity contribution is 6.30. The normalized spacial score (nSPS) is 12.0. The molecule has 0 bridgehead atoms. The molecule has 0 saturated carbocycles. The maximum Gasteiger partial charge on any atom is 0.241 e. The highest BCUT2D eigenvalue weighted by Gasteiger charge is 2.15. The molecule has 0 fully saturated rings. The van der Waals surface area contributed by atoms with Gasteiger partial charge in [0.15, 0.2) is 0 Å². The van der Waals surface area contributed by atoms with Crippen LogP contribution in [0.4, 0.5) is 10.1 Å². The van der Waals surface area contributed by atoms with Gasteiger partial charge in [0.25, 0.3) is 0 Å². The number of carbonyl (C=O) groups is 1. The monoisotopic (exact) mass is 306 g/mol. The minimum atomic E-state index is -0.694. The molecule has 0 heterocycles. The zero-order valence-electron chi connectivity index (χ0n) is 11.4. The summed E-state index contributed by atoms with van der Waals surface area (Å²) in [4.78, 5) is 11.9. The number of amides is 1. The maximum absolute atomic E-state index is 13.6. The van der Waals surface area contributed by atoms with E-state index in [9.17, 15) is 9.18 Å². The van der Waals surface area contributed by atoms with Gasteiger partial charge in [-0.15, -0.1) is 0 Å². The van der Waals surface area contributed by atoms with Gasteiger partial charge < -0.3 is 11.1 Å². The number of rotatable bonds is 5. The van der Waals surface area contributed by atoms with Crippen molar-refractivity contribution in [2.75, 3.05) is 5.32 Å². The Kier molecular flexibility index (Phi) is 5.31. The van der Waals surface area contributed by atoms with Crippen molar-refractivity contribution in [1.29, 1.82) is 0 Å². The molecular weight excluding hydrogens is 291 g/mol. The highest BCUT2D eigenvalue weighted by Crippen LogP contribution is 2.19. The lowest BCUT2D eigenvalue weighted by Crippen LogP contribution is -2.36. The average molecular weight is 307 g/mol. The van der Waals surface area contributed by atoms with Gasteiger partial charge in [0.2, 0.25) is 5.91 Å². The van der Waals surface area contributed by atoms with E-state index >= 15 is 0 Å². The Bertz CT molecular complexity index is 619. The molecule has 2 aromatic carbocycles. The van der Waals surface area contributed by atoms with Crippen LogP contribution in [0.25, 0.3) is 0 Å². The summed E-state index contributed by atoms with van der Waals surface area (Å²) >= 11 is 5.66. The van der Waals surface area contributed by atoms with Gasteiger partial charge in [-0.3, -0.25) is 4.79 Å². The first kappa shape index (κ1) is 15.5. The van der Waals surface area contributed by atoms with Crippen LogP contribution in [0.15, 0.2) is 48.5 Å². The molecule has 1 amide bonds. The van der Waals surface area contributed by atoms with E-state index in [0.29, 0.717) is 12.8 Å². The first-order valence-electron chi connectivity index (χ1n) is 6.61. The largest absolute Gasteiger partial charge is 0.322 e. The Hall–Kier alpha value is -1.91. The van der Waals surface area contributed by atoms with Gasteiger partial charge in [-0.05, 0) is 36.6 Å². The van der Waals surface area contributed by atoms with Crippen LogP contribution in [0, 0.1) is 5.82 Å². The van der Waals surface area contributed by atoms with Gasteiger partial charge >= 0.3 is 0 Å². The van der Waals surface area contributed by atoms with Gasteiger partial charge in [0.05, 0.1) is 11.7 Å². The summed E-state index contributed by atoms with van der Waals surface area (Å²) in [5, 5.41) is 2.75. The van der Waals surface area contributed by atoms with Crippen LogP contribution in [0.5, 0.6) is 0 Å². The number of carbonyl (C=O) groups excluding carboxylic acids is 1. The van der Waals surface area contributed by atoms with E-state index in [1.54, 1.807) is 0 Å². The molecule has 0 aromatic heterocycles. The molecule has 2 aromatic rings. The molecule has 3 nitrogen and oxygen atoms in total. The van der Waals surface area contributed by atoms with Crippen molar-refractivity contribution in [3.8, 4) is 0 Å². The fourth-order valence-electron chi connectivity index (χ4n) is 1.91. The Morgan fingerprint density at radius 1 is 1.24 bits per heavy atom. The molecule has 0 aliphatic heterocycles. The van der Waals surface area contributed by atoms with Gasteiger partial charge in [-0.2, -0.15) is 0 Å². The van der Waals surface area contributed by atoms with Gasteiger partial charge in [-0.1, -0.05) is 41.9 Å². The van der Waals surface area contributed by atoms with Crippen LogP contribution in [-0.4, -0.2) is 11.9 Å². The van der Waals surface area contributed by atoms with Crippen LogP contribution in [0.3, 0.4) is 0 Å². The molecule has 0 aliphatic rings. The molecule has 1 atom stereocenters. The smallest absolute Gasteiger partial charge is 0.241 e. The average Bonchev–Trinajstić information content (AvgIpc) is 2.48. The summed E-state index contributed by atoms with van der Waals surface area (Å²) in [6.45, 7) is 0. The zero-order chi connectivity index (χ0) is 15.2. The van der Waals surface area contributed by atoms with Crippen LogP contribution in [-0.2, 0) is 11.2 Å². The number of hydrogen-bond donors (Lipinski definition) is 2. The third kappa shape index (κ3) is 4.55. The maximum atomic E-state index is 13.6. The second-order valence-corrected chi connectivity index (χ2v) is 5.18. The van der Waals surface area contributed by atoms with E-state index in [4.69, 9.17) is 17.3 Å². The Morgan fingerprint density at radius 2 is 1.95 bits per heavy atom. The molecule has 21 heavy (non-hydrogen) atoms. The van der Waals surface area contributed by atoms with E-state index in [-0.39, 0.29) is 10.7 Å². The number of nitrogens with two attached hydrogens (primary N) is 1. The number of anilines is 1. The predicted molar refractivity (Wildman–Crippen MR) is 82.8 cm³/mol. The van der Waals surface area contributed by atoms with Gasteiger partial charge in [0.1, 0.15) is 5.82 Å². The summed E-state index contributed by atoms with van der Waals surface area (Å²) < 4.78 is 13.6. The van der Waals surface area contributed by atoms with E-state index in [1.807, 2.05) is 30.3 Å². The van der Waals surface area contributed by atoms with Crippen molar-refractivity contribution in [2.24, 2.45) is 5.73 Å². The molecular formula is C16H16ClFN2O.